The minimum Gasteiger partial charge on any atom is -0.495 e. The van der Waals surface area contributed by atoms with Crippen LogP contribution in [-0.4, -0.2) is 17.6 Å². The zero-order valence-electron chi connectivity index (χ0n) is 14.7. The van der Waals surface area contributed by atoms with Gasteiger partial charge in [0, 0.05) is 27.1 Å². The first-order valence-corrected chi connectivity index (χ1v) is 9.58. The van der Waals surface area contributed by atoms with Crippen molar-refractivity contribution in [3.05, 3.63) is 67.4 Å². The second kappa shape index (κ2) is 6.69. The number of ether oxygens (including phenoxy) is 1. The van der Waals surface area contributed by atoms with Crippen molar-refractivity contribution in [1.82, 2.24) is 4.57 Å². The lowest BCUT2D eigenvalue weighted by Gasteiger charge is -2.14. The van der Waals surface area contributed by atoms with Gasteiger partial charge in [-0.15, -0.1) is 0 Å². The molecule has 1 N–H and O–H groups in total. The van der Waals surface area contributed by atoms with E-state index in [4.69, 9.17) is 16.3 Å². The number of hydrogen-bond acceptors (Lipinski definition) is 3. The number of nitrogens with one attached hydrogen (secondary N) is 1. The monoisotopic (exact) mass is 446 g/mol. The molecule has 0 spiro atoms. The molecule has 0 aliphatic carbocycles. The number of benzene rings is 2. The Hall–Kier alpha value is -2.31. The average Bonchev–Trinajstić information content (AvgIpc) is 2.93. The summed E-state index contributed by atoms with van der Waals surface area (Å²) in [5.74, 6) is -0.0246. The molecular formula is C20H16BrClN2O3. The zero-order chi connectivity index (χ0) is 19.3. The summed E-state index contributed by atoms with van der Waals surface area (Å²) >= 11 is 9.49. The van der Waals surface area contributed by atoms with Crippen LogP contribution < -0.4 is 15.5 Å². The van der Waals surface area contributed by atoms with E-state index in [-0.39, 0.29) is 17.0 Å². The second-order valence-corrected chi connectivity index (χ2v) is 7.94. The van der Waals surface area contributed by atoms with Gasteiger partial charge >= 0.3 is 0 Å². The molecule has 7 heteroatoms. The summed E-state index contributed by atoms with van der Waals surface area (Å²) in [4.78, 5) is 25.9. The summed E-state index contributed by atoms with van der Waals surface area (Å²) in [6, 6.07) is 8.89. The molecule has 1 atom stereocenters. The van der Waals surface area contributed by atoms with Gasteiger partial charge in [-0.2, -0.15) is 0 Å². The Kier molecular flexibility index (Phi) is 4.48. The molecule has 4 rings (SSSR count). The molecule has 1 aromatic heterocycles. The van der Waals surface area contributed by atoms with E-state index in [0.717, 1.165) is 22.0 Å². The number of anilines is 1. The molecule has 2 heterocycles. The van der Waals surface area contributed by atoms with Gasteiger partial charge in [-0.3, -0.25) is 9.59 Å². The summed E-state index contributed by atoms with van der Waals surface area (Å²) < 4.78 is 8.09. The summed E-state index contributed by atoms with van der Waals surface area (Å²) in [7, 11) is 1.51. The van der Waals surface area contributed by atoms with Crippen LogP contribution in [-0.2, 0) is 6.42 Å². The highest BCUT2D eigenvalue weighted by molar-refractivity contribution is 9.10. The van der Waals surface area contributed by atoms with Crippen molar-refractivity contribution in [2.75, 3.05) is 12.4 Å². The minimum absolute atomic E-state index is 0.0855. The maximum Gasteiger partial charge on any atom is 0.261 e. The minimum atomic E-state index is -0.494. The first kappa shape index (κ1) is 18.1. The Balaban J connectivity index is 1.84. The van der Waals surface area contributed by atoms with Gasteiger partial charge in [0.05, 0.1) is 18.3 Å². The summed E-state index contributed by atoms with van der Waals surface area (Å²) in [5, 5.41) is 3.75. The highest BCUT2D eigenvalue weighted by Gasteiger charge is 2.25. The van der Waals surface area contributed by atoms with E-state index in [1.807, 2.05) is 10.6 Å². The van der Waals surface area contributed by atoms with Crippen molar-refractivity contribution in [2.45, 2.75) is 19.4 Å². The molecule has 0 radical (unpaired) electrons. The van der Waals surface area contributed by atoms with Crippen LogP contribution in [0.2, 0.25) is 5.02 Å². The number of aromatic nitrogens is 1. The van der Waals surface area contributed by atoms with Crippen molar-refractivity contribution >= 4 is 50.0 Å². The van der Waals surface area contributed by atoms with E-state index in [9.17, 15) is 9.59 Å². The fourth-order valence-corrected chi connectivity index (χ4v) is 4.27. The number of methoxy groups -OCH3 is 1. The fourth-order valence-electron chi connectivity index (χ4n) is 3.59. The predicted molar refractivity (Wildman–Crippen MR) is 110 cm³/mol. The Morgan fingerprint density at radius 3 is 2.85 bits per heavy atom. The number of rotatable bonds is 3. The standard InChI is InChI=1S/C20H16BrClN2O3/c1-10-5-11-6-12(21)7-14-18(11)24(10)9-15(19(14)25)20(26)23-16-8-13(22)3-4-17(16)27-2/h3-4,6-10H,5H2,1-2H3,(H,23,26)/t10-/m1/s1. The molecule has 2 aromatic carbocycles. The van der Waals surface area contributed by atoms with Crippen LogP contribution in [0.5, 0.6) is 5.75 Å². The smallest absolute Gasteiger partial charge is 0.261 e. The maximum atomic E-state index is 13.0. The van der Waals surface area contributed by atoms with Crippen molar-refractivity contribution in [3.8, 4) is 5.75 Å². The molecular weight excluding hydrogens is 432 g/mol. The van der Waals surface area contributed by atoms with E-state index in [1.54, 1.807) is 30.5 Å². The van der Waals surface area contributed by atoms with Gasteiger partial charge in [-0.1, -0.05) is 27.5 Å². The summed E-state index contributed by atoms with van der Waals surface area (Å²) in [6.07, 6.45) is 2.47. The Bertz CT molecular complexity index is 1160. The first-order chi connectivity index (χ1) is 12.9. The Morgan fingerprint density at radius 2 is 2.11 bits per heavy atom. The summed E-state index contributed by atoms with van der Waals surface area (Å²) in [6.45, 7) is 2.07. The molecule has 1 aliphatic rings. The molecule has 1 aliphatic heterocycles. The van der Waals surface area contributed by atoms with Crippen molar-refractivity contribution < 1.29 is 9.53 Å². The molecule has 3 aromatic rings. The third-order valence-corrected chi connectivity index (χ3v) is 5.51. The molecule has 0 fully saturated rings. The average molecular weight is 448 g/mol. The first-order valence-electron chi connectivity index (χ1n) is 8.41. The third-order valence-electron chi connectivity index (χ3n) is 4.81. The number of hydrogen-bond donors (Lipinski definition) is 1. The Morgan fingerprint density at radius 1 is 1.33 bits per heavy atom. The number of amides is 1. The zero-order valence-corrected chi connectivity index (χ0v) is 17.0. The van der Waals surface area contributed by atoms with Crippen molar-refractivity contribution in [1.29, 1.82) is 0 Å². The molecule has 1 amide bonds. The van der Waals surface area contributed by atoms with Crippen LogP contribution in [0.4, 0.5) is 5.69 Å². The van der Waals surface area contributed by atoms with Gasteiger partial charge in [0.25, 0.3) is 5.91 Å². The number of carbonyl (C=O) groups excluding carboxylic acids is 1. The third kappa shape index (κ3) is 3.03. The van der Waals surface area contributed by atoms with E-state index in [2.05, 4.69) is 28.2 Å². The largest absolute Gasteiger partial charge is 0.495 e. The number of nitrogens with zero attached hydrogens (tertiary/aromatic N) is 1. The van der Waals surface area contributed by atoms with Gasteiger partial charge in [-0.05, 0) is 49.2 Å². The van der Waals surface area contributed by atoms with E-state index >= 15 is 0 Å². The molecule has 0 saturated heterocycles. The van der Waals surface area contributed by atoms with Crippen LogP contribution in [0, 0.1) is 0 Å². The lowest BCUT2D eigenvalue weighted by molar-refractivity contribution is 0.102. The SMILES string of the molecule is COc1ccc(Cl)cc1NC(=O)c1cn2c3c(cc(Br)cc3c1=O)C[C@H]2C. The molecule has 0 saturated carbocycles. The highest BCUT2D eigenvalue weighted by atomic mass is 79.9. The molecule has 0 bridgehead atoms. The lowest BCUT2D eigenvalue weighted by atomic mass is 10.1. The van der Waals surface area contributed by atoms with Gasteiger partial charge < -0.3 is 14.6 Å². The van der Waals surface area contributed by atoms with E-state index in [1.165, 1.54) is 7.11 Å². The highest BCUT2D eigenvalue weighted by Crippen LogP contribution is 2.34. The van der Waals surface area contributed by atoms with Crippen LogP contribution in [0.25, 0.3) is 10.9 Å². The van der Waals surface area contributed by atoms with E-state index in [0.29, 0.717) is 21.8 Å². The molecule has 138 valence electrons. The van der Waals surface area contributed by atoms with Gasteiger partial charge in [0.15, 0.2) is 0 Å². The van der Waals surface area contributed by atoms with Crippen molar-refractivity contribution in [2.24, 2.45) is 0 Å². The van der Waals surface area contributed by atoms with Crippen LogP contribution in [0.1, 0.15) is 28.9 Å². The second-order valence-electron chi connectivity index (χ2n) is 6.59. The Labute approximate surface area is 169 Å². The lowest BCUT2D eigenvalue weighted by Crippen LogP contribution is -2.24. The maximum absolute atomic E-state index is 13.0. The van der Waals surface area contributed by atoms with Crippen LogP contribution in [0.3, 0.4) is 0 Å². The quantitative estimate of drug-likeness (QED) is 0.628. The van der Waals surface area contributed by atoms with Gasteiger partial charge in [0.2, 0.25) is 5.43 Å². The topological polar surface area (TPSA) is 60.3 Å². The molecule has 0 unspecified atom stereocenters. The normalized spacial score (nSPS) is 15.2. The predicted octanol–water partition coefficient (Wildman–Crippen LogP) is 4.80. The van der Waals surface area contributed by atoms with Crippen LogP contribution in [0.15, 0.2) is 45.8 Å². The number of pyridine rings is 1. The van der Waals surface area contributed by atoms with Crippen LogP contribution >= 0.6 is 27.5 Å². The molecule has 27 heavy (non-hydrogen) atoms. The molecule has 5 nitrogen and oxygen atoms in total. The van der Waals surface area contributed by atoms with Gasteiger partial charge in [-0.25, -0.2) is 0 Å². The number of halogens is 2. The van der Waals surface area contributed by atoms with E-state index < -0.39 is 5.91 Å². The van der Waals surface area contributed by atoms with Gasteiger partial charge in [0.1, 0.15) is 11.3 Å². The van der Waals surface area contributed by atoms with Crippen molar-refractivity contribution in [3.63, 3.8) is 0 Å². The number of carbonyl (C=O) groups is 1. The summed E-state index contributed by atoms with van der Waals surface area (Å²) in [5.41, 5.74) is 2.21. The fraction of sp³-hybridized carbons (Fsp3) is 0.200.